The number of nitrogen functional groups attached to an aromatic ring is 1. The summed E-state index contributed by atoms with van der Waals surface area (Å²) in [6, 6.07) is 8.49. The maximum absolute atomic E-state index is 14.2. The average molecular weight is 415 g/mol. The lowest BCUT2D eigenvalue weighted by atomic mass is 9.94. The summed E-state index contributed by atoms with van der Waals surface area (Å²) in [5.74, 6) is 0.190. The van der Waals surface area contributed by atoms with Crippen LogP contribution in [0.2, 0.25) is 0 Å². The van der Waals surface area contributed by atoms with Crippen molar-refractivity contribution in [1.82, 2.24) is 25.0 Å². The Morgan fingerprint density at radius 1 is 1.32 bits per heavy atom. The Morgan fingerprint density at radius 3 is 2.97 bits per heavy atom. The minimum absolute atomic E-state index is 0.204. The van der Waals surface area contributed by atoms with Crippen molar-refractivity contribution in [2.24, 2.45) is 7.05 Å². The van der Waals surface area contributed by atoms with E-state index in [9.17, 15) is 9.65 Å². The van der Waals surface area contributed by atoms with Gasteiger partial charge in [-0.05, 0) is 31.2 Å². The van der Waals surface area contributed by atoms with E-state index in [0.29, 0.717) is 40.2 Å². The molecular formula is C22H18FN7O. The molecule has 4 heterocycles. The van der Waals surface area contributed by atoms with Gasteiger partial charge in [-0.2, -0.15) is 15.5 Å². The molecule has 154 valence electrons. The second-order valence-corrected chi connectivity index (χ2v) is 7.45. The molecule has 1 unspecified atom stereocenters. The van der Waals surface area contributed by atoms with Gasteiger partial charge in [0.1, 0.15) is 23.7 Å². The molecule has 1 aromatic carbocycles. The number of fused-ring (bicyclic) bond motifs is 7. The van der Waals surface area contributed by atoms with Crippen LogP contribution in [0.4, 0.5) is 10.2 Å². The molecule has 3 aromatic heterocycles. The first-order chi connectivity index (χ1) is 15.0. The number of nitrogens with two attached hydrogens (primary N) is 1. The third-order valence-electron chi connectivity index (χ3n) is 5.51. The average Bonchev–Trinajstić information content (AvgIpc) is 3.32. The lowest BCUT2D eigenvalue weighted by Gasteiger charge is -2.21. The maximum atomic E-state index is 14.2. The Bertz CT molecular complexity index is 1360. The van der Waals surface area contributed by atoms with E-state index in [0.717, 1.165) is 16.8 Å². The zero-order valence-electron chi connectivity index (χ0n) is 16.8. The van der Waals surface area contributed by atoms with Crippen molar-refractivity contribution in [3.8, 4) is 34.2 Å². The number of nitrogens with one attached hydrogen (secondary N) is 1. The zero-order chi connectivity index (χ0) is 21.7. The number of hydrogen-bond acceptors (Lipinski definition) is 6. The molecule has 8 nitrogen and oxygen atoms in total. The van der Waals surface area contributed by atoms with Gasteiger partial charge in [0, 0.05) is 47.5 Å². The smallest absolute Gasteiger partial charge is 0.166 e. The van der Waals surface area contributed by atoms with Crippen molar-refractivity contribution in [2.75, 3.05) is 5.73 Å². The van der Waals surface area contributed by atoms with Gasteiger partial charge in [-0.15, -0.1) is 0 Å². The molecule has 3 N–H and O–H groups in total. The first kappa shape index (κ1) is 18.8. The third kappa shape index (κ3) is 3.00. The Labute approximate surface area is 177 Å². The monoisotopic (exact) mass is 415 g/mol. The molecule has 31 heavy (non-hydrogen) atoms. The third-order valence-corrected chi connectivity index (χ3v) is 5.51. The van der Waals surface area contributed by atoms with E-state index < -0.39 is 6.10 Å². The number of rotatable bonds is 0. The SMILES string of the molecule is CC1Oc2cc(cnc2N)-c2c(n[nH]c2C#N)Cc2cnn(C)c2-c2ccc(F)cc21. The van der Waals surface area contributed by atoms with Crippen molar-refractivity contribution < 1.29 is 9.13 Å². The van der Waals surface area contributed by atoms with Gasteiger partial charge in [0.05, 0.1) is 17.6 Å². The predicted octanol–water partition coefficient (Wildman–Crippen LogP) is 3.51. The number of anilines is 1. The van der Waals surface area contributed by atoms with E-state index >= 15 is 0 Å². The molecule has 4 aromatic rings. The van der Waals surface area contributed by atoms with Crippen LogP contribution in [-0.4, -0.2) is 25.0 Å². The van der Waals surface area contributed by atoms with Gasteiger partial charge in [-0.3, -0.25) is 9.78 Å². The van der Waals surface area contributed by atoms with Crippen LogP contribution in [0.15, 0.2) is 36.7 Å². The van der Waals surface area contributed by atoms with Crippen LogP contribution in [0.3, 0.4) is 0 Å². The first-order valence-corrected chi connectivity index (χ1v) is 9.66. The van der Waals surface area contributed by atoms with Gasteiger partial charge in [-0.25, -0.2) is 9.37 Å². The van der Waals surface area contributed by atoms with Gasteiger partial charge >= 0.3 is 0 Å². The number of ether oxygens (including phenoxy) is 1. The fraction of sp³-hybridized carbons (Fsp3) is 0.182. The van der Waals surface area contributed by atoms with E-state index in [1.165, 1.54) is 12.1 Å². The lowest BCUT2D eigenvalue weighted by molar-refractivity contribution is 0.227. The van der Waals surface area contributed by atoms with Gasteiger partial charge in [-0.1, -0.05) is 0 Å². The number of aromatic amines is 1. The van der Waals surface area contributed by atoms with Crippen molar-refractivity contribution in [2.45, 2.75) is 19.4 Å². The van der Waals surface area contributed by atoms with Gasteiger partial charge in [0.15, 0.2) is 11.6 Å². The highest BCUT2D eigenvalue weighted by Gasteiger charge is 2.25. The molecule has 1 atom stereocenters. The van der Waals surface area contributed by atoms with E-state index in [1.54, 1.807) is 29.2 Å². The second-order valence-electron chi connectivity index (χ2n) is 7.45. The molecule has 0 fully saturated rings. The number of hydrogen-bond donors (Lipinski definition) is 2. The van der Waals surface area contributed by atoms with Crippen molar-refractivity contribution in [1.29, 1.82) is 5.26 Å². The van der Waals surface area contributed by atoms with Crippen LogP contribution in [0.25, 0.3) is 22.4 Å². The zero-order valence-corrected chi connectivity index (χ0v) is 16.8. The molecule has 1 aliphatic heterocycles. The summed E-state index contributed by atoms with van der Waals surface area (Å²) < 4.78 is 22.1. The topological polar surface area (TPSA) is 118 Å². The fourth-order valence-corrected chi connectivity index (χ4v) is 4.07. The molecule has 0 saturated heterocycles. The van der Waals surface area contributed by atoms with Crippen LogP contribution in [0.5, 0.6) is 5.75 Å². The van der Waals surface area contributed by atoms with Gasteiger partial charge in [0.2, 0.25) is 0 Å². The quantitative estimate of drug-likeness (QED) is 0.454. The van der Waals surface area contributed by atoms with Crippen LogP contribution in [0, 0.1) is 17.1 Å². The number of H-pyrrole nitrogens is 1. The minimum atomic E-state index is -0.522. The highest BCUT2D eigenvalue weighted by atomic mass is 19.1. The summed E-state index contributed by atoms with van der Waals surface area (Å²) in [7, 11) is 1.83. The number of nitriles is 1. The number of pyridine rings is 1. The summed E-state index contributed by atoms with van der Waals surface area (Å²) in [4.78, 5) is 4.25. The largest absolute Gasteiger partial charge is 0.482 e. The number of nitrogens with zero attached hydrogens (tertiary/aromatic N) is 5. The van der Waals surface area contributed by atoms with Crippen molar-refractivity contribution >= 4 is 5.82 Å². The number of aromatic nitrogens is 5. The Hall–Kier alpha value is -4.19. The van der Waals surface area contributed by atoms with E-state index in [-0.39, 0.29) is 11.6 Å². The molecule has 1 aliphatic rings. The number of halogens is 1. The lowest BCUT2D eigenvalue weighted by Crippen LogP contribution is -2.10. The van der Waals surface area contributed by atoms with Crippen LogP contribution in [-0.2, 0) is 13.5 Å². The molecule has 0 spiro atoms. The van der Waals surface area contributed by atoms with Gasteiger partial charge < -0.3 is 10.5 Å². The molecule has 0 radical (unpaired) electrons. The van der Waals surface area contributed by atoms with Crippen molar-refractivity contribution in [3.05, 3.63) is 65.0 Å². The number of benzene rings is 1. The normalized spacial score (nSPS) is 14.8. The highest BCUT2D eigenvalue weighted by molar-refractivity contribution is 5.75. The molecular weight excluding hydrogens is 397 g/mol. The molecule has 9 heteroatoms. The summed E-state index contributed by atoms with van der Waals surface area (Å²) in [6.07, 6.45) is 3.25. The fourth-order valence-electron chi connectivity index (χ4n) is 4.07. The summed E-state index contributed by atoms with van der Waals surface area (Å²) in [6.45, 7) is 1.83. The van der Waals surface area contributed by atoms with Crippen LogP contribution >= 0.6 is 0 Å². The van der Waals surface area contributed by atoms with Crippen LogP contribution < -0.4 is 10.5 Å². The molecule has 0 aliphatic carbocycles. The Kier molecular flexibility index (Phi) is 4.22. The summed E-state index contributed by atoms with van der Waals surface area (Å²) in [5, 5.41) is 21.2. The summed E-state index contributed by atoms with van der Waals surface area (Å²) in [5.41, 5.74) is 11.5. The van der Waals surface area contributed by atoms with E-state index in [4.69, 9.17) is 10.5 Å². The Balaban J connectivity index is 1.83. The van der Waals surface area contributed by atoms with E-state index in [1.807, 2.05) is 14.0 Å². The van der Waals surface area contributed by atoms with Crippen LogP contribution in [0.1, 0.15) is 35.5 Å². The summed E-state index contributed by atoms with van der Waals surface area (Å²) >= 11 is 0. The standard InChI is InChI=1S/C22H18FN7O/c1-11-16-7-14(23)3-4-15(16)21-13(10-27-30(21)2)5-17-20(18(8-24)29-28-17)12-6-19(31-11)22(25)26-9-12/h3-4,6-7,9-11H,5H2,1-2H3,(H2,25,26)(H,28,29). The highest BCUT2D eigenvalue weighted by Crippen LogP contribution is 2.39. The van der Waals surface area contributed by atoms with Crippen molar-refractivity contribution in [3.63, 3.8) is 0 Å². The number of aryl methyl sites for hydroxylation is 1. The molecule has 5 rings (SSSR count). The molecule has 0 saturated carbocycles. The predicted molar refractivity (Wildman–Crippen MR) is 111 cm³/mol. The van der Waals surface area contributed by atoms with E-state index in [2.05, 4.69) is 26.3 Å². The maximum Gasteiger partial charge on any atom is 0.166 e. The van der Waals surface area contributed by atoms with Gasteiger partial charge in [0.25, 0.3) is 0 Å². The molecule has 2 bridgehead atoms. The molecule has 0 amide bonds. The Morgan fingerprint density at radius 2 is 2.16 bits per heavy atom. The minimum Gasteiger partial charge on any atom is -0.482 e. The first-order valence-electron chi connectivity index (χ1n) is 9.66. The second kappa shape index (κ2) is 6.95.